The largest absolute Gasteiger partial charge is 0.472 e. The fourth-order valence-electron chi connectivity index (χ4n) is 5.33. The third-order valence-electron chi connectivity index (χ3n) is 8.90. The van der Waals surface area contributed by atoms with Crippen LogP contribution in [0.3, 0.4) is 0 Å². The first-order valence-corrected chi connectivity index (χ1v) is 25.1. The molecule has 0 aliphatic rings. The molecule has 354 valence electrons. The summed E-state index contributed by atoms with van der Waals surface area (Å²) in [4.78, 5) is 22.9. The Kier molecular flexibility index (Phi) is 42.4. The molecule has 0 heterocycles. The molecule has 0 rings (SSSR count). The molecule has 0 amide bonds. The fraction of sp³-hybridized carbons (Fsp3) is 0.537. The van der Waals surface area contributed by atoms with Crippen molar-refractivity contribution in [3.63, 3.8) is 0 Å². The second-order valence-corrected chi connectivity index (χ2v) is 17.5. The van der Waals surface area contributed by atoms with E-state index in [1.54, 1.807) is 0 Å². The maximum atomic E-state index is 12.7. The van der Waals surface area contributed by atoms with Gasteiger partial charge in [-0.05, 0) is 109 Å². The van der Waals surface area contributed by atoms with E-state index in [-0.39, 0.29) is 26.2 Å². The normalized spacial score (nSPS) is 15.0. The van der Waals surface area contributed by atoms with Crippen molar-refractivity contribution in [2.24, 2.45) is 0 Å². The Balaban J connectivity index is 4.42. The molecule has 2 atom stereocenters. The molecule has 0 saturated heterocycles. The van der Waals surface area contributed by atoms with Gasteiger partial charge in [0.25, 0.3) is 0 Å². The van der Waals surface area contributed by atoms with Crippen LogP contribution in [-0.2, 0) is 27.9 Å². The number of phosphoric acid groups is 1. The van der Waals surface area contributed by atoms with Crippen molar-refractivity contribution in [2.75, 3.05) is 54.1 Å². The highest BCUT2D eigenvalue weighted by atomic mass is 31.2. The number of rotatable bonds is 41. The van der Waals surface area contributed by atoms with E-state index in [1.165, 1.54) is 0 Å². The molecule has 0 aromatic heterocycles. The molecule has 0 aliphatic carbocycles. The van der Waals surface area contributed by atoms with E-state index >= 15 is 0 Å². The maximum absolute atomic E-state index is 12.7. The molecule has 2 unspecified atom stereocenters. The summed E-state index contributed by atoms with van der Waals surface area (Å²) in [5, 5.41) is 0. The van der Waals surface area contributed by atoms with Crippen molar-refractivity contribution >= 4 is 13.8 Å². The van der Waals surface area contributed by atoms with Crippen LogP contribution in [0.4, 0.5) is 0 Å². The van der Waals surface area contributed by atoms with Gasteiger partial charge in [-0.1, -0.05) is 160 Å². The Morgan fingerprint density at radius 2 is 0.857 bits per heavy atom. The Hall–Kier alpha value is -3.62. The monoisotopic (exact) mass is 893 g/mol. The number of hydrogen-bond acceptors (Lipinski definition) is 6. The standard InChI is InChI=1S/C54H86NO7P/c1-6-8-10-12-14-16-18-20-22-24-25-26-27-28-29-30-32-34-36-38-40-42-44-46-49-59-51-53(52-61-63(57,58)60-50-48-55(3,4)5)62-54(56)47-45-43-41-39-37-35-33-31-23-21-19-17-15-13-11-9-7-2/h8-11,14-17,20-23,25-26,28-29,32-35,38-41,53H,6-7,12-13,18-19,24,27,30-31,36-37,42-52H2,1-5H3/p+1/b10-8-,11-9-,16-14-,17-15-,22-20-,23-21-,26-25-,29-28-,34-32-,35-33-,40-38-,41-39-. The smallest absolute Gasteiger partial charge is 0.457 e. The van der Waals surface area contributed by atoms with Gasteiger partial charge in [0.15, 0.2) is 0 Å². The van der Waals surface area contributed by atoms with Crippen LogP contribution in [0.15, 0.2) is 146 Å². The summed E-state index contributed by atoms with van der Waals surface area (Å²) < 4.78 is 34.9. The zero-order valence-electron chi connectivity index (χ0n) is 40.0. The summed E-state index contributed by atoms with van der Waals surface area (Å²) >= 11 is 0. The number of allylic oxidation sites excluding steroid dienone is 24. The molecule has 0 bridgehead atoms. The number of hydrogen-bond donors (Lipinski definition) is 1. The van der Waals surface area contributed by atoms with Crippen LogP contribution in [0.2, 0.25) is 0 Å². The van der Waals surface area contributed by atoms with Crippen LogP contribution in [0.25, 0.3) is 0 Å². The lowest BCUT2D eigenvalue weighted by atomic mass is 10.2. The van der Waals surface area contributed by atoms with Crippen molar-refractivity contribution in [1.29, 1.82) is 0 Å². The third-order valence-corrected chi connectivity index (χ3v) is 9.88. The Bertz CT molecular complexity index is 1500. The zero-order valence-corrected chi connectivity index (χ0v) is 40.9. The van der Waals surface area contributed by atoms with Crippen LogP contribution in [0, 0.1) is 0 Å². The predicted octanol–water partition coefficient (Wildman–Crippen LogP) is 14.5. The Morgan fingerprint density at radius 3 is 1.24 bits per heavy atom. The average Bonchev–Trinajstić information content (AvgIpc) is 3.24. The molecule has 0 saturated carbocycles. The van der Waals surface area contributed by atoms with E-state index in [4.69, 9.17) is 18.5 Å². The molecule has 0 fully saturated rings. The highest BCUT2D eigenvalue weighted by molar-refractivity contribution is 7.47. The summed E-state index contributed by atoms with van der Waals surface area (Å²) in [6.07, 6.45) is 67.7. The van der Waals surface area contributed by atoms with Crippen molar-refractivity contribution in [3.05, 3.63) is 146 Å². The molecule has 0 spiro atoms. The van der Waals surface area contributed by atoms with E-state index in [0.717, 1.165) is 103 Å². The quantitative estimate of drug-likeness (QED) is 0.0215. The summed E-state index contributed by atoms with van der Waals surface area (Å²) in [5.74, 6) is -0.393. The first-order valence-electron chi connectivity index (χ1n) is 23.6. The van der Waals surface area contributed by atoms with Gasteiger partial charge in [-0.15, -0.1) is 0 Å². The number of phosphoric ester groups is 1. The minimum absolute atomic E-state index is 0.0594. The molecule has 1 N–H and O–H groups in total. The van der Waals surface area contributed by atoms with Crippen LogP contribution in [0.5, 0.6) is 0 Å². The summed E-state index contributed by atoms with van der Waals surface area (Å²) in [7, 11) is 1.57. The van der Waals surface area contributed by atoms with E-state index in [2.05, 4.69) is 160 Å². The molecule has 9 heteroatoms. The Morgan fingerprint density at radius 1 is 0.492 bits per heavy atom. The van der Waals surface area contributed by atoms with Gasteiger partial charge in [0, 0.05) is 13.0 Å². The van der Waals surface area contributed by atoms with Gasteiger partial charge >= 0.3 is 13.8 Å². The number of nitrogens with zero attached hydrogens (tertiary/aromatic N) is 1. The van der Waals surface area contributed by atoms with Crippen LogP contribution < -0.4 is 0 Å². The van der Waals surface area contributed by atoms with Crippen molar-refractivity contribution < 1.29 is 37.3 Å². The Labute approximate surface area is 385 Å². The van der Waals surface area contributed by atoms with E-state index in [1.807, 2.05) is 21.1 Å². The van der Waals surface area contributed by atoms with Gasteiger partial charge in [-0.2, -0.15) is 0 Å². The number of carbonyl (C=O) groups excluding carboxylic acids is 1. The lowest BCUT2D eigenvalue weighted by Gasteiger charge is -2.24. The van der Waals surface area contributed by atoms with Crippen LogP contribution >= 0.6 is 7.82 Å². The van der Waals surface area contributed by atoms with Crippen LogP contribution in [0.1, 0.15) is 129 Å². The maximum Gasteiger partial charge on any atom is 0.472 e. The summed E-state index contributed by atoms with van der Waals surface area (Å²) in [6, 6.07) is 0. The number of unbranched alkanes of at least 4 members (excludes halogenated alkanes) is 3. The van der Waals surface area contributed by atoms with E-state index in [9.17, 15) is 14.3 Å². The molecule has 0 aromatic carbocycles. The average molecular weight is 893 g/mol. The second kappa shape index (κ2) is 45.0. The first-order chi connectivity index (χ1) is 30.6. The number of esters is 1. The van der Waals surface area contributed by atoms with Crippen molar-refractivity contribution in [2.45, 2.75) is 136 Å². The fourth-order valence-corrected chi connectivity index (χ4v) is 6.07. The number of ether oxygens (including phenoxy) is 2. The van der Waals surface area contributed by atoms with Gasteiger partial charge in [0.2, 0.25) is 0 Å². The van der Waals surface area contributed by atoms with Gasteiger partial charge < -0.3 is 18.9 Å². The van der Waals surface area contributed by atoms with Crippen LogP contribution in [-0.4, -0.2) is 75.6 Å². The molecule has 63 heavy (non-hydrogen) atoms. The highest BCUT2D eigenvalue weighted by Gasteiger charge is 2.26. The number of carbonyl (C=O) groups is 1. The number of quaternary nitrogens is 1. The SMILES string of the molecule is CC/C=C\C/C=C\C/C=C\C/C=C\C/C=C\C/C=C\C/C=C\CCCCOCC(COP(=O)(O)OCC[N+](C)(C)C)OC(=O)CCC/C=C\C/C=C\C/C=C\C/C=C\C/C=C\CC. The van der Waals surface area contributed by atoms with Crippen molar-refractivity contribution in [1.82, 2.24) is 0 Å². The second-order valence-electron chi connectivity index (χ2n) is 16.0. The van der Waals surface area contributed by atoms with Crippen molar-refractivity contribution in [3.8, 4) is 0 Å². The minimum Gasteiger partial charge on any atom is -0.457 e. The van der Waals surface area contributed by atoms with Gasteiger partial charge in [-0.3, -0.25) is 13.8 Å². The molecule has 8 nitrogen and oxygen atoms in total. The predicted molar refractivity (Wildman–Crippen MR) is 269 cm³/mol. The van der Waals surface area contributed by atoms with E-state index < -0.39 is 19.9 Å². The first kappa shape index (κ1) is 59.4. The molecule has 0 aromatic rings. The highest BCUT2D eigenvalue weighted by Crippen LogP contribution is 2.43. The number of likely N-dealkylation sites (N-methyl/N-ethyl adjacent to an activating group) is 1. The molecule has 0 aliphatic heterocycles. The molecular weight excluding hydrogens is 806 g/mol. The van der Waals surface area contributed by atoms with E-state index in [0.29, 0.717) is 24.1 Å². The topological polar surface area (TPSA) is 91.3 Å². The lowest BCUT2D eigenvalue weighted by molar-refractivity contribution is -0.870. The molecular formula is C54H87NO7P+. The lowest BCUT2D eigenvalue weighted by Crippen LogP contribution is -2.37. The minimum atomic E-state index is -4.32. The molecule has 0 radical (unpaired) electrons. The van der Waals surface area contributed by atoms with Gasteiger partial charge in [-0.25, -0.2) is 4.57 Å². The zero-order chi connectivity index (χ0) is 46.2. The van der Waals surface area contributed by atoms with Gasteiger partial charge in [0.05, 0.1) is 34.4 Å². The summed E-state index contributed by atoms with van der Waals surface area (Å²) in [6.45, 7) is 5.14. The third kappa shape index (κ3) is 49.3. The van der Waals surface area contributed by atoms with Gasteiger partial charge in [0.1, 0.15) is 19.3 Å². The summed E-state index contributed by atoms with van der Waals surface area (Å²) in [5.41, 5.74) is 0.